The van der Waals surface area contributed by atoms with Crippen LogP contribution in [0, 0.1) is 5.92 Å². The summed E-state index contributed by atoms with van der Waals surface area (Å²) in [5.74, 6) is 2.17. The number of aromatic nitrogens is 3. The van der Waals surface area contributed by atoms with Crippen LogP contribution in [0.25, 0.3) is 0 Å². The quantitative estimate of drug-likeness (QED) is 0.922. The number of nitrogens with one attached hydrogen (secondary N) is 1. The predicted molar refractivity (Wildman–Crippen MR) is 91.1 cm³/mol. The minimum Gasteiger partial charge on any atom is -0.352 e. The van der Waals surface area contributed by atoms with Crippen molar-refractivity contribution in [1.82, 2.24) is 20.1 Å². The number of pyridine rings is 1. The Morgan fingerprint density at radius 1 is 1.08 bits per heavy atom. The van der Waals surface area contributed by atoms with Crippen molar-refractivity contribution in [2.45, 2.75) is 12.8 Å². The summed E-state index contributed by atoms with van der Waals surface area (Å²) in [5.41, 5.74) is 0.881. The Morgan fingerprint density at radius 2 is 1.92 bits per heavy atom. The maximum Gasteiger partial charge on any atom is 0.225 e. The number of rotatable bonds is 4. The maximum atomic E-state index is 12.1. The molecule has 1 saturated heterocycles. The van der Waals surface area contributed by atoms with E-state index in [0.717, 1.165) is 50.5 Å². The number of anilines is 3. The van der Waals surface area contributed by atoms with Gasteiger partial charge in [-0.25, -0.2) is 0 Å². The van der Waals surface area contributed by atoms with Crippen molar-refractivity contribution in [1.29, 1.82) is 0 Å². The lowest BCUT2D eigenvalue weighted by Gasteiger charge is -2.35. The van der Waals surface area contributed by atoms with Crippen LogP contribution in [-0.2, 0) is 4.79 Å². The summed E-state index contributed by atoms with van der Waals surface area (Å²) in [6.07, 6.45) is 5.60. The Morgan fingerprint density at radius 3 is 2.54 bits per heavy atom. The van der Waals surface area contributed by atoms with Gasteiger partial charge in [0, 0.05) is 38.3 Å². The molecular formula is C17H20N6O. The highest BCUT2D eigenvalue weighted by Crippen LogP contribution is 2.31. The first-order valence-corrected chi connectivity index (χ1v) is 8.34. The lowest BCUT2D eigenvalue weighted by Crippen LogP contribution is -2.49. The molecule has 1 amide bonds. The van der Waals surface area contributed by atoms with Crippen molar-refractivity contribution in [2.24, 2.45) is 5.92 Å². The molecular weight excluding hydrogens is 304 g/mol. The monoisotopic (exact) mass is 324 g/mol. The largest absolute Gasteiger partial charge is 0.352 e. The molecule has 0 spiro atoms. The number of carbonyl (C=O) groups excluding carboxylic acids is 1. The lowest BCUT2D eigenvalue weighted by atomic mass is 10.2. The second-order valence-electron chi connectivity index (χ2n) is 6.23. The second kappa shape index (κ2) is 6.43. The predicted octanol–water partition coefficient (Wildman–Crippen LogP) is 1.67. The molecule has 2 aliphatic rings. The average molecular weight is 324 g/mol. The SMILES string of the molecule is O=C(C1CC1)N1CCN(c2ccc(Nc3cccnc3)nn2)CC1. The van der Waals surface area contributed by atoms with Crippen molar-refractivity contribution in [3.05, 3.63) is 36.7 Å². The molecule has 7 heteroatoms. The topological polar surface area (TPSA) is 74.2 Å². The van der Waals surface area contributed by atoms with E-state index in [0.29, 0.717) is 17.6 Å². The molecule has 7 nitrogen and oxygen atoms in total. The minimum absolute atomic E-state index is 0.300. The molecule has 0 bridgehead atoms. The van der Waals surface area contributed by atoms with E-state index in [-0.39, 0.29) is 0 Å². The fourth-order valence-electron chi connectivity index (χ4n) is 2.89. The molecule has 3 heterocycles. The van der Waals surface area contributed by atoms with Gasteiger partial charge in [0.05, 0.1) is 11.9 Å². The zero-order chi connectivity index (χ0) is 16.4. The van der Waals surface area contributed by atoms with Crippen molar-refractivity contribution in [2.75, 3.05) is 36.4 Å². The molecule has 2 aromatic heterocycles. The number of amides is 1. The molecule has 1 aliphatic carbocycles. The molecule has 2 fully saturated rings. The van der Waals surface area contributed by atoms with Crippen LogP contribution in [0.15, 0.2) is 36.7 Å². The molecule has 0 radical (unpaired) electrons. The summed E-state index contributed by atoms with van der Waals surface area (Å²) in [5, 5.41) is 11.7. The minimum atomic E-state index is 0.300. The summed E-state index contributed by atoms with van der Waals surface area (Å²) >= 11 is 0. The molecule has 2 aromatic rings. The van der Waals surface area contributed by atoms with E-state index in [1.807, 2.05) is 29.2 Å². The Labute approximate surface area is 140 Å². The zero-order valence-electron chi connectivity index (χ0n) is 13.4. The van der Waals surface area contributed by atoms with E-state index in [4.69, 9.17) is 0 Å². The molecule has 0 unspecified atom stereocenters. The first-order valence-electron chi connectivity index (χ1n) is 8.34. The third kappa shape index (κ3) is 3.29. The molecule has 1 aliphatic heterocycles. The Bertz CT molecular complexity index is 693. The standard InChI is InChI=1S/C17H20N6O/c24-17(13-3-4-13)23-10-8-22(9-11-23)16-6-5-15(20-21-16)19-14-2-1-7-18-12-14/h1-2,5-7,12-13H,3-4,8-11H2,(H,19,20). The van der Waals surface area contributed by atoms with Crippen LogP contribution < -0.4 is 10.2 Å². The summed E-state index contributed by atoms with van der Waals surface area (Å²) < 4.78 is 0. The van der Waals surface area contributed by atoms with Gasteiger partial charge in [0.2, 0.25) is 5.91 Å². The lowest BCUT2D eigenvalue weighted by molar-refractivity contribution is -0.132. The van der Waals surface area contributed by atoms with Crippen LogP contribution in [-0.4, -0.2) is 52.2 Å². The van der Waals surface area contributed by atoms with Crippen LogP contribution in [0.4, 0.5) is 17.3 Å². The van der Waals surface area contributed by atoms with Crippen LogP contribution in [0.5, 0.6) is 0 Å². The fraction of sp³-hybridized carbons (Fsp3) is 0.412. The smallest absolute Gasteiger partial charge is 0.225 e. The van der Waals surface area contributed by atoms with Gasteiger partial charge in [0.25, 0.3) is 0 Å². The summed E-state index contributed by atoms with van der Waals surface area (Å²) in [7, 11) is 0. The highest BCUT2D eigenvalue weighted by molar-refractivity contribution is 5.81. The average Bonchev–Trinajstić information content (AvgIpc) is 3.48. The van der Waals surface area contributed by atoms with E-state index in [2.05, 4.69) is 25.4 Å². The van der Waals surface area contributed by atoms with Gasteiger partial charge < -0.3 is 15.1 Å². The van der Waals surface area contributed by atoms with Crippen molar-refractivity contribution in [3.63, 3.8) is 0 Å². The van der Waals surface area contributed by atoms with Gasteiger partial charge in [-0.3, -0.25) is 9.78 Å². The van der Waals surface area contributed by atoms with Gasteiger partial charge >= 0.3 is 0 Å². The van der Waals surface area contributed by atoms with E-state index in [1.54, 1.807) is 12.4 Å². The fourth-order valence-corrected chi connectivity index (χ4v) is 2.89. The van der Waals surface area contributed by atoms with Crippen LogP contribution in [0.1, 0.15) is 12.8 Å². The van der Waals surface area contributed by atoms with Crippen molar-refractivity contribution < 1.29 is 4.79 Å². The van der Waals surface area contributed by atoms with Crippen LogP contribution in [0.3, 0.4) is 0 Å². The van der Waals surface area contributed by atoms with Gasteiger partial charge in [-0.1, -0.05) is 0 Å². The number of nitrogens with zero attached hydrogens (tertiary/aromatic N) is 5. The van der Waals surface area contributed by atoms with E-state index < -0.39 is 0 Å². The van der Waals surface area contributed by atoms with Crippen LogP contribution in [0.2, 0.25) is 0 Å². The molecule has 1 saturated carbocycles. The molecule has 0 atom stereocenters. The van der Waals surface area contributed by atoms with Crippen molar-refractivity contribution in [3.8, 4) is 0 Å². The normalized spacial score (nSPS) is 17.7. The Kier molecular flexibility index (Phi) is 3.98. The zero-order valence-corrected chi connectivity index (χ0v) is 13.4. The van der Waals surface area contributed by atoms with Gasteiger partial charge in [-0.15, -0.1) is 10.2 Å². The maximum absolute atomic E-state index is 12.1. The molecule has 124 valence electrons. The Hall–Kier alpha value is -2.70. The van der Waals surface area contributed by atoms with Crippen LogP contribution >= 0.6 is 0 Å². The number of carbonyl (C=O) groups is 1. The van der Waals surface area contributed by atoms with Gasteiger partial charge in [0.15, 0.2) is 11.6 Å². The molecule has 4 rings (SSSR count). The number of hydrogen-bond acceptors (Lipinski definition) is 6. The van der Waals surface area contributed by atoms with Gasteiger partial charge in [0.1, 0.15) is 0 Å². The van der Waals surface area contributed by atoms with Gasteiger partial charge in [-0.05, 0) is 37.1 Å². The summed E-state index contributed by atoms with van der Waals surface area (Å²) in [6, 6.07) is 7.67. The molecule has 1 N–H and O–H groups in total. The second-order valence-corrected chi connectivity index (χ2v) is 6.23. The van der Waals surface area contributed by atoms with E-state index in [1.165, 1.54) is 0 Å². The molecule has 0 aromatic carbocycles. The highest BCUT2D eigenvalue weighted by Gasteiger charge is 2.34. The first kappa shape index (κ1) is 14.9. The number of piperazine rings is 1. The Balaban J connectivity index is 1.34. The summed E-state index contributed by atoms with van der Waals surface area (Å²) in [6.45, 7) is 3.16. The highest BCUT2D eigenvalue weighted by atomic mass is 16.2. The van der Waals surface area contributed by atoms with E-state index in [9.17, 15) is 4.79 Å². The third-order valence-electron chi connectivity index (χ3n) is 4.43. The van der Waals surface area contributed by atoms with Crippen molar-refractivity contribution >= 4 is 23.2 Å². The van der Waals surface area contributed by atoms with E-state index >= 15 is 0 Å². The molecule has 24 heavy (non-hydrogen) atoms. The van der Waals surface area contributed by atoms with Gasteiger partial charge in [-0.2, -0.15) is 0 Å². The first-order chi connectivity index (χ1) is 11.8. The third-order valence-corrected chi connectivity index (χ3v) is 4.43. The summed E-state index contributed by atoms with van der Waals surface area (Å²) in [4.78, 5) is 20.3. The number of hydrogen-bond donors (Lipinski definition) is 1.